The molecule has 1 N–H and O–H groups in total. The van der Waals surface area contributed by atoms with Gasteiger partial charge in [-0.05, 0) is 25.7 Å². The summed E-state index contributed by atoms with van der Waals surface area (Å²) in [6.45, 7) is 2.49. The van der Waals surface area contributed by atoms with Crippen LogP contribution >= 0.6 is 11.3 Å². The zero-order valence-corrected chi connectivity index (χ0v) is 11.0. The number of piperazine rings is 1. The summed E-state index contributed by atoms with van der Waals surface area (Å²) in [5, 5.41) is 2.71. The molecule has 2 fully saturated rings. The van der Waals surface area contributed by atoms with Crippen molar-refractivity contribution >= 4 is 23.2 Å². The minimum atomic E-state index is -0.681. The van der Waals surface area contributed by atoms with Crippen LogP contribution in [-0.4, -0.2) is 33.8 Å². The summed E-state index contributed by atoms with van der Waals surface area (Å²) in [4.78, 5) is 31.0. The molecule has 2 amide bonds. The lowest BCUT2D eigenvalue weighted by Gasteiger charge is -2.43. The van der Waals surface area contributed by atoms with Gasteiger partial charge in [0.1, 0.15) is 5.54 Å². The second kappa shape index (κ2) is 4.05. The summed E-state index contributed by atoms with van der Waals surface area (Å²) in [6.07, 6.45) is 3.81. The molecule has 0 spiro atoms. The van der Waals surface area contributed by atoms with Crippen molar-refractivity contribution in [2.75, 3.05) is 6.54 Å². The first-order valence-electron chi connectivity index (χ1n) is 6.08. The molecule has 2 heterocycles. The molecule has 1 aliphatic carbocycles. The van der Waals surface area contributed by atoms with Gasteiger partial charge in [0.25, 0.3) is 0 Å². The Morgan fingerprint density at radius 1 is 1.56 bits per heavy atom. The van der Waals surface area contributed by atoms with Gasteiger partial charge in [0.05, 0.1) is 18.6 Å². The first-order chi connectivity index (χ1) is 8.62. The van der Waals surface area contributed by atoms with Gasteiger partial charge in [-0.15, -0.1) is 11.3 Å². The molecule has 1 aromatic heterocycles. The van der Waals surface area contributed by atoms with E-state index in [1.165, 1.54) is 11.3 Å². The Balaban J connectivity index is 1.91. The van der Waals surface area contributed by atoms with Gasteiger partial charge in [-0.2, -0.15) is 0 Å². The highest BCUT2D eigenvalue weighted by Crippen LogP contribution is 2.44. The van der Waals surface area contributed by atoms with Crippen molar-refractivity contribution < 1.29 is 9.59 Å². The molecule has 0 aromatic carbocycles. The normalized spacial score (nSPS) is 28.4. The molecule has 5 nitrogen and oxygen atoms in total. The van der Waals surface area contributed by atoms with Crippen molar-refractivity contribution in [1.82, 2.24) is 15.2 Å². The molecule has 96 valence electrons. The lowest BCUT2D eigenvalue weighted by atomic mass is 9.90. The third-order valence-electron chi connectivity index (χ3n) is 3.89. The number of thiazole rings is 1. The number of hydrogen-bond donors (Lipinski definition) is 1. The minimum absolute atomic E-state index is 0.00241. The third-order valence-corrected chi connectivity index (χ3v) is 4.66. The topological polar surface area (TPSA) is 62.3 Å². The SMILES string of the molecule is CC1(C2CC2)C(=O)NCC(=O)N1Cc1cncs1. The Morgan fingerprint density at radius 3 is 2.94 bits per heavy atom. The van der Waals surface area contributed by atoms with Gasteiger partial charge in [0.2, 0.25) is 11.8 Å². The zero-order valence-electron chi connectivity index (χ0n) is 10.2. The molecule has 3 rings (SSSR count). The van der Waals surface area contributed by atoms with E-state index < -0.39 is 5.54 Å². The van der Waals surface area contributed by atoms with Crippen molar-refractivity contribution in [1.29, 1.82) is 0 Å². The van der Waals surface area contributed by atoms with Crippen LogP contribution in [0.15, 0.2) is 11.7 Å². The number of carbonyl (C=O) groups excluding carboxylic acids is 2. The molecule has 6 heteroatoms. The highest BCUT2D eigenvalue weighted by molar-refractivity contribution is 7.09. The third kappa shape index (κ3) is 1.71. The van der Waals surface area contributed by atoms with Crippen LogP contribution < -0.4 is 5.32 Å². The van der Waals surface area contributed by atoms with Gasteiger partial charge in [-0.1, -0.05) is 0 Å². The molecule has 0 radical (unpaired) electrons. The lowest BCUT2D eigenvalue weighted by molar-refractivity contribution is -0.155. The molecule has 1 unspecified atom stereocenters. The van der Waals surface area contributed by atoms with E-state index in [1.807, 2.05) is 6.92 Å². The van der Waals surface area contributed by atoms with Crippen molar-refractivity contribution in [3.05, 3.63) is 16.6 Å². The van der Waals surface area contributed by atoms with Crippen LogP contribution in [0.2, 0.25) is 0 Å². The molecular weight excluding hydrogens is 250 g/mol. The summed E-state index contributed by atoms with van der Waals surface area (Å²) in [5.41, 5.74) is 1.07. The quantitative estimate of drug-likeness (QED) is 0.878. The predicted molar refractivity (Wildman–Crippen MR) is 66.8 cm³/mol. The molecule has 1 aromatic rings. The maximum Gasteiger partial charge on any atom is 0.246 e. The summed E-state index contributed by atoms with van der Waals surface area (Å²) < 4.78 is 0. The Morgan fingerprint density at radius 2 is 2.33 bits per heavy atom. The van der Waals surface area contributed by atoms with Crippen LogP contribution in [0.5, 0.6) is 0 Å². The van der Waals surface area contributed by atoms with Gasteiger partial charge >= 0.3 is 0 Å². The van der Waals surface area contributed by atoms with E-state index >= 15 is 0 Å². The van der Waals surface area contributed by atoms with Gasteiger partial charge in [-0.25, -0.2) is 0 Å². The molecule has 1 aliphatic heterocycles. The summed E-state index contributed by atoms with van der Waals surface area (Å²) in [5.74, 6) is 0.279. The number of amides is 2. The van der Waals surface area contributed by atoms with E-state index in [-0.39, 0.29) is 18.4 Å². The zero-order chi connectivity index (χ0) is 12.8. The number of hydrogen-bond acceptors (Lipinski definition) is 4. The first kappa shape index (κ1) is 11.6. The number of carbonyl (C=O) groups is 2. The van der Waals surface area contributed by atoms with Gasteiger partial charge in [0, 0.05) is 11.1 Å². The van der Waals surface area contributed by atoms with Crippen LogP contribution in [-0.2, 0) is 16.1 Å². The van der Waals surface area contributed by atoms with Crippen LogP contribution in [0.1, 0.15) is 24.6 Å². The number of rotatable bonds is 3. The monoisotopic (exact) mass is 265 g/mol. The van der Waals surface area contributed by atoms with Gasteiger partial charge < -0.3 is 10.2 Å². The standard InChI is InChI=1S/C12H15N3O2S/c1-12(8-2-3-8)11(17)14-5-10(16)15(12)6-9-4-13-7-18-9/h4,7-8H,2-3,5-6H2,1H3,(H,14,17). The number of nitrogens with one attached hydrogen (secondary N) is 1. The fraction of sp³-hybridized carbons (Fsp3) is 0.583. The first-order valence-corrected chi connectivity index (χ1v) is 6.96. The van der Waals surface area contributed by atoms with E-state index in [0.29, 0.717) is 12.5 Å². The highest BCUT2D eigenvalue weighted by atomic mass is 32.1. The fourth-order valence-electron chi connectivity index (χ4n) is 2.59. The van der Waals surface area contributed by atoms with E-state index in [1.54, 1.807) is 16.6 Å². The van der Waals surface area contributed by atoms with Crippen LogP contribution in [0.25, 0.3) is 0 Å². The van der Waals surface area contributed by atoms with Gasteiger partial charge in [0.15, 0.2) is 0 Å². The largest absolute Gasteiger partial charge is 0.345 e. The number of nitrogens with zero attached hydrogens (tertiary/aromatic N) is 2. The van der Waals surface area contributed by atoms with Crippen molar-refractivity contribution in [3.8, 4) is 0 Å². The Labute approximate surface area is 109 Å². The van der Waals surface area contributed by atoms with Crippen LogP contribution in [0.4, 0.5) is 0 Å². The second-order valence-electron chi connectivity index (χ2n) is 5.05. The van der Waals surface area contributed by atoms with E-state index in [4.69, 9.17) is 0 Å². The van der Waals surface area contributed by atoms with E-state index in [2.05, 4.69) is 10.3 Å². The van der Waals surface area contributed by atoms with Crippen LogP contribution in [0.3, 0.4) is 0 Å². The van der Waals surface area contributed by atoms with Crippen molar-refractivity contribution in [3.63, 3.8) is 0 Å². The minimum Gasteiger partial charge on any atom is -0.345 e. The fourth-order valence-corrected chi connectivity index (χ4v) is 3.17. The van der Waals surface area contributed by atoms with Crippen molar-refractivity contribution in [2.24, 2.45) is 5.92 Å². The van der Waals surface area contributed by atoms with Crippen LogP contribution in [0, 0.1) is 5.92 Å². The average molecular weight is 265 g/mol. The van der Waals surface area contributed by atoms with Crippen molar-refractivity contribution in [2.45, 2.75) is 31.8 Å². The van der Waals surface area contributed by atoms with E-state index in [0.717, 1.165) is 17.7 Å². The second-order valence-corrected chi connectivity index (χ2v) is 6.02. The Bertz CT molecular complexity index is 484. The molecule has 1 saturated carbocycles. The number of aromatic nitrogens is 1. The van der Waals surface area contributed by atoms with Gasteiger partial charge in [-0.3, -0.25) is 14.6 Å². The molecule has 1 saturated heterocycles. The maximum absolute atomic E-state index is 12.2. The molecule has 18 heavy (non-hydrogen) atoms. The molecule has 0 bridgehead atoms. The summed E-state index contributed by atoms with van der Waals surface area (Å²) >= 11 is 1.52. The lowest BCUT2D eigenvalue weighted by Crippen LogP contribution is -2.66. The van der Waals surface area contributed by atoms with E-state index in [9.17, 15) is 9.59 Å². The Hall–Kier alpha value is -1.43. The summed E-state index contributed by atoms with van der Waals surface area (Å²) in [7, 11) is 0. The summed E-state index contributed by atoms with van der Waals surface area (Å²) in [6, 6.07) is 0. The molecule has 1 atom stereocenters. The molecule has 2 aliphatic rings. The average Bonchev–Trinajstić information content (AvgIpc) is 3.09. The predicted octanol–water partition coefficient (Wildman–Crippen LogP) is 0.770. The smallest absolute Gasteiger partial charge is 0.246 e. The highest BCUT2D eigenvalue weighted by Gasteiger charge is 2.54. The maximum atomic E-state index is 12.2. The Kier molecular flexibility index (Phi) is 2.62. The molecular formula is C12H15N3O2S.